The van der Waals surface area contributed by atoms with Gasteiger partial charge in [0.2, 0.25) is 5.91 Å². The third-order valence-corrected chi connectivity index (χ3v) is 3.86. The molecule has 1 aromatic rings. The fraction of sp³-hybridized carbons (Fsp3) is 0.471. The summed E-state index contributed by atoms with van der Waals surface area (Å²) in [6.45, 7) is 2.62. The van der Waals surface area contributed by atoms with Crippen molar-refractivity contribution < 1.29 is 14.7 Å². The van der Waals surface area contributed by atoms with Gasteiger partial charge in [-0.1, -0.05) is 13.3 Å². The van der Waals surface area contributed by atoms with Gasteiger partial charge in [-0.15, -0.1) is 0 Å². The average molecular weight is 317 g/mol. The summed E-state index contributed by atoms with van der Waals surface area (Å²) in [7, 11) is 0. The number of benzene rings is 1. The Morgan fingerprint density at radius 2 is 2.00 bits per heavy atom. The van der Waals surface area contributed by atoms with Gasteiger partial charge in [-0.3, -0.25) is 9.59 Å². The predicted octanol–water partition coefficient (Wildman–Crippen LogP) is 2.03. The van der Waals surface area contributed by atoms with Gasteiger partial charge in [0.1, 0.15) is 12.3 Å². The monoisotopic (exact) mass is 317 g/mol. The number of carbonyl (C=O) groups is 2. The summed E-state index contributed by atoms with van der Waals surface area (Å²) in [6, 6.07) is 6.67. The minimum Gasteiger partial charge on any atom is -0.508 e. The normalized spacial score (nSPS) is 16.1. The van der Waals surface area contributed by atoms with E-state index in [1.807, 2.05) is 6.92 Å². The second kappa shape index (κ2) is 8.31. The Kier molecular flexibility index (Phi) is 6.14. The molecule has 0 bridgehead atoms. The Morgan fingerprint density at radius 1 is 1.26 bits per heavy atom. The zero-order valence-corrected chi connectivity index (χ0v) is 13.4. The SMILES string of the molecule is CC/C(=N\NC(=O)CN1CCCCCC1=O)c1ccc(O)cc1. The maximum absolute atomic E-state index is 12.0. The maximum atomic E-state index is 12.0. The van der Waals surface area contributed by atoms with E-state index in [0.29, 0.717) is 19.4 Å². The summed E-state index contributed by atoms with van der Waals surface area (Å²) in [5, 5.41) is 13.5. The van der Waals surface area contributed by atoms with Crippen LogP contribution in [-0.4, -0.2) is 40.6 Å². The zero-order valence-electron chi connectivity index (χ0n) is 13.4. The van der Waals surface area contributed by atoms with Crippen molar-refractivity contribution in [2.24, 2.45) is 5.10 Å². The minimum atomic E-state index is -0.287. The van der Waals surface area contributed by atoms with Crippen molar-refractivity contribution in [2.45, 2.75) is 39.0 Å². The summed E-state index contributed by atoms with van der Waals surface area (Å²) >= 11 is 0. The van der Waals surface area contributed by atoms with Crippen LogP contribution >= 0.6 is 0 Å². The standard InChI is InChI=1S/C17H23N3O3/c1-2-15(13-7-9-14(21)10-8-13)18-19-16(22)12-20-11-5-3-4-6-17(20)23/h7-10,21H,2-6,11-12H2,1H3,(H,19,22)/b18-15+. The minimum absolute atomic E-state index is 0.0379. The van der Waals surface area contributed by atoms with E-state index in [2.05, 4.69) is 10.5 Å². The molecular formula is C17H23N3O3. The Balaban J connectivity index is 1.95. The number of amides is 2. The lowest BCUT2D eigenvalue weighted by Gasteiger charge is -2.19. The van der Waals surface area contributed by atoms with Crippen molar-refractivity contribution in [3.63, 3.8) is 0 Å². The van der Waals surface area contributed by atoms with E-state index in [1.54, 1.807) is 29.2 Å². The lowest BCUT2D eigenvalue weighted by molar-refractivity contribution is -0.135. The highest BCUT2D eigenvalue weighted by Gasteiger charge is 2.19. The van der Waals surface area contributed by atoms with Gasteiger partial charge in [-0.2, -0.15) is 5.10 Å². The van der Waals surface area contributed by atoms with E-state index >= 15 is 0 Å². The Labute approximate surface area is 136 Å². The number of likely N-dealkylation sites (tertiary alicyclic amines) is 1. The van der Waals surface area contributed by atoms with Crippen LogP contribution in [0, 0.1) is 0 Å². The molecule has 2 N–H and O–H groups in total. The molecule has 0 saturated carbocycles. The first-order valence-corrected chi connectivity index (χ1v) is 8.02. The van der Waals surface area contributed by atoms with Crippen molar-refractivity contribution in [2.75, 3.05) is 13.1 Å². The molecular weight excluding hydrogens is 294 g/mol. The van der Waals surface area contributed by atoms with Gasteiger partial charge in [0.25, 0.3) is 5.91 Å². The number of hydrogen-bond acceptors (Lipinski definition) is 4. The highest BCUT2D eigenvalue weighted by molar-refractivity contribution is 6.01. The second-order valence-corrected chi connectivity index (χ2v) is 5.62. The van der Waals surface area contributed by atoms with Crippen LogP contribution in [0.2, 0.25) is 0 Å². The van der Waals surface area contributed by atoms with Crippen molar-refractivity contribution in [1.29, 1.82) is 0 Å². The highest BCUT2D eigenvalue weighted by atomic mass is 16.3. The van der Waals surface area contributed by atoms with Gasteiger partial charge in [0.05, 0.1) is 5.71 Å². The van der Waals surface area contributed by atoms with E-state index < -0.39 is 0 Å². The third-order valence-electron chi connectivity index (χ3n) is 3.86. The molecule has 23 heavy (non-hydrogen) atoms. The fourth-order valence-electron chi connectivity index (χ4n) is 2.55. The summed E-state index contributed by atoms with van der Waals surface area (Å²) in [4.78, 5) is 25.5. The molecule has 6 heteroatoms. The van der Waals surface area contributed by atoms with Crippen molar-refractivity contribution >= 4 is 17.5 Å². The molecule has 0 aliphatic carbocycles. The van der Waals surface area contributed by atoms with E-state index in [-0.39, 0.29) is 24.1 Å². The summed E-state index contributed by atoms with van der Waals surface area (Å²) in [5.74, 6) is -0.0613. The van der Waals surface area contributed by atoms with Crippen molar-refractivity contribution in [3.05, 3.63) is 29.8 Å². The van der Waals surface area contributed by atoms with E-state index in [1.165, 1.54) is 0 Å². The first kappa shape index (κ1) is 17.0. The first-order chi connectivity index (χ1) is 11.1. The molecule has 1 aromatic carbocycles. The molecule has 0 spiro atoms. The van der Waals surface area contributed by atoms with E-state index in [4.69, 9.17) is 0 Å². The molecule has 1 aliphatic rings. The molecule has 0 unspecified atom stereocenters. The number of carbonyl (C=O) groups excluding carboxylic acids is 2. The largest absolute Gasteiger partial charge is 0.508 e. The second-order valence-electron chi connectivity index (χ2n) is 5.62. The Morgan fingerprint density at radius 3 is 2.70 bits per heavy atom. The Hall–Kier alpha value is -2.37. The van der Waals surface area contributed by atoms with Crippen LogP contribution in [-0.2, 0) is 9.59 Å². The third kappa shape index (κ3) is 5.09. The molecule has 1 fully saturated rings. The van der Waals surface area contributed by atoms with Crippen LogP contribution < -0.4 is 5.43 Å². The van der Waals surface area contributed by atoms with Gasteiger partial charge in [0.15, 0.2) is 0 Å². The summed E-state index contributed by atoms with van der Waals surface area (Å²) < 4.78 is 0. The van der Waals surface area contributed by atoms with Gasteiger partial charge in [-0.25, -0.2) is 5.43 Å². The number of nitrogens with one attached hydrogen (secondary N) is 1. The van der Waals surface area contributed by atoms with Crippen LogP contribution in [0.25, 0.3) is 0 Å². The maximum Gasteiger partial charge on any atom is 0.259 e. The molecule has 1 saturated heterocycles. The van der Waals surface area contributed by atoms with Crippen LogP contribution in [0.15, 0.2) is 29.4 Å². The first-order valence-electron chi connectivity index (χ1n) is 8.02. The van der Waals surface area contributed by atoms with Crippen LogP contribution in [0.4, 0.5) is 0 Å². The van der Waals surface area contributed by atoms with E-state index in [9.17, 15) is 14.7 Å². The topological polar surface area (TPSA) is 82.0 Å². The van der Waals surface area contributed by atoms with Crippen LogP contribution in [0.3, 0.4) is 0 Å². The summed E-state index contributed by atoms with van der Waals surface area (Å²) in [6.07, 6.45) is 4.03. The van der Waals surface area contributed by atoms with Gasteiger partial charge < -0.3 is 10.0 Å². The quantitative estimate of drug-likeness (QED) is 0.644. The fourth-order valence-corrected chi connectivity index (χ4v) is 2.55. The van der Waals surface area contributed by atoms with Crippen LogP contribution in [0.1, 0.15) is 44.6 Å². The molecule has 6 nitrogen and oxygen atoms in total. The number of phenols is 1. The van der Waals surface area contributed by atoms with Crippen molar-refractivity contribution in [1.82, 2.24) is 10.3 Å². The summed E-state index contributed by atoms with van der Waals surface area (Å²) in [5.41, 5.74) is 4.09. The van der Waals surface area contributed by atoms with Crippen molar-refractivity contribution in [3.8, 4) is 5.75 Å². The van der Waals surface area contributed by atoms with E-state index in [0.717, 1.165) is 30.5 Å². The molecule has 0 atom stereocenters. The molecule has 0 radical (unpaired) electrons. The molecule has 124 valence electrons. The molecule has 2 rings (SSSR count). The number of nitrogens with zero attached hydrogens (tertiary/aromatic N) is 2. The zero-order chi connectivity index (χ0) is 16.7. The number of phenolic OH excluding ortho intramolecular Hbond substituents is 1. The number of aromatic hydroxyl groups is 1. The predicted molar refractivity (Wildman–Crippen MR) is 88.1 cm³/mol. The molecule has 1 heterocycles. The van der Waals surface area contributed by atoms with Gasteiger partial charge >= 0.3 is 0 Å². The van der Waals surface area contributed by atoms with Gasteiger partial charge in [-0.05, 0) is 49.1 Å². The molecule has 1 aliphatic heterocycles. The number of rotatable bonds is 5. The van der Waals surface area contributed by atoms with Gasteiger partial charge in [0, 0.05) is 13.0 Å². The lowest BCUT2D eigenvalue weighted by Crippen LogP contribution is -2.39. The smallest absolute Gasteiger partial charge is 0.259 e. The number of hydrogen-bond donors (Lipinski definition) is 2. The lowest BCUT2D eigenvalue weighted by atomic mass is 10.1. The Bertz CT molecular complexity index is 581. The number of hydrazone groups is 1. The average Bonchev–Trinajstić information content (AvgIpc) is 2.74. The highest BCUT2D eigenvalue weighted by Crippen LogP contribution is 2.12. The van der Waals surface area contributed by atoms with Crippen LogP contribution in [0.5, 0.6) is 5.75 Å². The molecule has 2 amide bonds. The molecule has 0 aromatic heterocycles.